The summed E-state index contributed by atoms with van der Waals surface area (Å²) in [7, 11) is 1.62. The van der Waals surface area contributed by atoms with Gasteiger partial charge >= 0.3 is 0 Å². The average Bonchev–Trinajstić information content (AvgIpc) is 2.53. The summed E-state index contributed by atoms with van der Waals surface area (Å²) in [4.78, 5) is 12.9. The number of aryl methyl sites for hydroxylation is 1. The Kier molecular flexibility index (Phi) is 3.44. The predicted molar refractivity (Wildman–Crippen MR) is 85.1 cm³/mol. The van der Waals surface area contributed by atoms with E-state index in [4.69, 9.17) is 4.74 Å². The van der Waals surface area contributed by atoms with Crippen molar-refractivity contribution in [2.24, 2.45) is 0 Å². The van der Waals surface area contributed by atoms with E-state index in [2.05, 4.69) is 0 Å². The van der Waals surface area contributed by atoms with E-state index in [1.54, 1.807) is 7.11 Å². The van der Waals surface area contributed by atoms with Crippen LogP contribution in [-0.2, 0) is 0 Å². The molecular formula is C19H16O2. The van der Waals surface area contributed by atoms with Crippen molar-refractivity contribution in [1.82, 2.24) is 0 Å². The fourth-order valence-electron chi connectivity index (χ4n) is 2.56. The van der Waals surface area contributed by atoms with Crippen LogP contribution in [0.25, 0.3) is 10.8 Å². The molecule has 0 amide bonds. The maximum absolute atomic E-state index is 12.9. The van der Waals surface area contributed by atoms with Crippen LogP contribution in [0.5, 0.6) is 5.75 Å². The summed E-state index contributed by atoms with van der Waals surface area (Å²) in [5.41, 5.74) is 2.39. The smallest absolute Gasteiger partial charge is 0.194 e. The Morgan fingerprint density at radius 2 is 1.62 bits per heavy atom. The van der Waals surface area contributed by atoms with Crippen molar-refractivity contribution in [3.05, 3.63) is 77.4 Å². The van der Waals surface area contributed by atoms with Crippen LogP contribution in [0.15, 0.2) is 60.7 Å². The standard InChI is InChI=1S/C19H16O2/c1-13-7-3-5-9-16(13)19(20)18-12-15(21-2)11-14-8-4-6-10-17(14)18/h3-12H,1-2H3. The molecule has 0 N–H and O–H groups in total. The van der Waals surface area contributed by atoms with Crippen LogP contribution in [0.4, 0.5) is 0 Å². The van der Waals surface area contributed by atoms with Crippen LogP contribution in [0.2, 0.25) is 0 Å². The number of fused-ring (bicyclic) bond motifs is 1. The second-order valence-electron chi connectivity index (χ2n) is 5.04. The van der Waals surface area contributed by atoms with Gasteiger partial charge in [-0.05, 0) is 35.4 Å². The van der Waals surface area contributed by atoms with Crippen LogP contribution < -0.4 is 4.74 Å². The van der Waals surface area contributed by atoms with Crippen molar-refractivity contribution in [2.75, 3.05) is 7.11 Å². The minimum Gasteiger partial charge on any atom is -0.497 e. The molecule has 0 atom stereocenters. The van der Waals surface area contributed by atoms with E-state index >= 15 is 0 Å². The zero-order valence-corrected chi connectivity index (χ0v) is 12.1. The summed E-state index contributed by atoms with van der Waals surface area (Å²) in [5, 5.41) is 1.96. The second kappa shape index (κ2) is 5.41. The van der Waals surface area contributed by atoms with Crippen LogP contribution in [0.1, 0.15) is 21.5 Å². The van der Waals surface area contributed by atoms with E-state index in [-0.39, 0.29) is 5.78 Å². The lowest BCUT2D eigenvalue weighted by atomic mass is 9.94. The Balaban J connectivity index is 2.24. The van der Waals surface area contributed by atoms with Gasteiger partial charge in [0.1, 0.15) is 5.75 Å². The molecule has 0 unspecified atom stereocenters. The number of carbonyl (C=O) groups is 1. The third kappa shape index (κ3) is 2.40. The molecule has 0 heterocycles. The monoisotopic (exact) mass is 276 g/mol. The molecule has 0 aromatic heterocycles. The van der Waals surface area contributed by atoms with E-state index in [1.807, 2.05) is 67.6 Å². The number of benzene rings is 3. The molecule has 0 spiro atoms. The number of hydrogen-bond donors (Lipinski definition) is 0. The van der Waals surface area contributed by atoms with Gasteiger partial charge in [0.2, 0.25) is 0 Å². The molecule has 3 rings (SSSR count). The normalized spacial score (nSPS) is 10.6. The molecule has 0 saturated heterocycles. The quantitative estimate of drug-likeness (QED) is 0.663. The van der Waals surface area contributed by atoms with E-state index in [0.717, 1.165) is 21.9 Å². The molecule has 0 bridgehead atoms. The molecule has 3 aromatic carbocycles. The zero-order chi connectivity index (χ0) is 14.8. The molecule has 0 fully saturated rings. The molecule has 0 aliphatic heterocycles. The number of ether oxygens (including phenoxy) is 1. The maximum Gasteiger partial charge on any atom is 0.194 e. The first-order valence-electron chi connectivity index (χ1n) is 6.88. The highest BCUT2D eigenvalue weighted by Gasteiger charge is 2.15. The van der Waals surface area contributed by atoms with Crippen molar-refractivity contribution in [2.45, 2.75) is 6.92 Å². The van der Waals surface area contributed by atoms with Crippen molar-refractivity contribution in [3.8, 4) is 5.75 Å². The fourth-order valence-corrected chi connectivity index (χ4v) is 2.56. The van der Waals surface area contributed by atoms with Crippen molar-refractivity contribution in [3.63, 3.8) is 0 Å². The minimum atomic E-state index is 0.0307. The number of ketones is 1. The topological polar surface area (TPSA) is 26.3 Å². The Bertz CT molecular complexity index is 819. The lowest BCUT2D eigenvalue weighted by molar-refractivity contribution is 0.103. The summed E-state index contributed by atoms with van der Waals surface area (Å²) in [6, 6.07) is 19.3. The highest BCUT2D eigenvalue weighted by atomic mass is 16.5. The Morgan fingerprint density at radius 3 is 2.38 bits per heavy atom. The first-order valence-corrected chi connectivity index (χ1v) is 6.88. The van der Waals surface area contributed by atoms with Crippen molar-refractivity contribution < 1.29 is 9.53 Å². The van der Waals surface area contributed by atoms with Gasteiger partial charge in [-0.15, -0.1) is 0 Å². The highest BCUT2D eigenvalue weighted by molar-refractivity contribution is 6.17. The van der Waals surface area contributed by atoms with Gasteiger partial charge in [0.05, 0.1) is 7.11 Å². The third-order valence-electron chi connectivity index (χ3n) is 3.71. The van der Waals surface area contributed by atoms with Gasteiger partial charge < -0.3 is 4.74 Å². The fraction of sp³-hybridized carbons (Fsp3) is 0.105. The van der Waals surface area contributed by atoms with Gasteiger partial charge in [0, 0.05) is 11.1 Å². The van der Waals surface area contributed by atoms with Gasteiger partial charge in [-0.2, -0.15) is 0 Å². The zero-order valence-electron chi connectivity index (χ0n) is 12.1. The molecule has 2 nitrogen and oxygen atoms in total. The van der Waals surface area contributed by atoms with Crippen molar-refractivity contribution >= 4 is 16.6 Å². The molecule has 0 aliphatic carbocycles. The summed E-state index contributed by atoms with van der Waals surface area (Å²) < 4.78 is 5.33. The van der Waals surface area contributed by atoms with Crippen LogP contribution in [0.3, 0.4) is 0 Å². The maximum atomic E-state index is 12.9. The van der Waals surface area contributed by atoms with Gasteiger partial charge in [-0.3, -0.25) is 4.79 Å². The van der Waals surface area contributed by atoms with Gasteiger partial charge in [0.15, 0.2) is 5.78 Å². The molecule has 0 radical (unpaired) electrons. The Labute approximate surface area is 124 Å². The number of carbonyl (C=O) groups excluding carboxylic acids is 1. The van der Waals surface area contributed by atoms with Gasteiger partial charge in [-0.25, -0.2) is 0 Å². The summed E-state index contributed by atoms with van der Waals surface area (Å²) >= 11 is 0. The summed E-state index contributed by atoms with van der Waals surface area (Å²) in [6.45, 7) is 1.95. The van der Waals surface area contributed by atoms with Crippen LogP contribution in [0, 0.1) is 6.92 Å². The lowest BCUT2D eigenvalue weighted by Crippen LogP contribution is -2.05. The lowest BCUT2D eigenvalue weighted by Gasteiger charge is -2.10. The van der Waals surface area contributed by atoms with Gasteiger partial charge in [-0.1, -0.05) is 48.5 Å². The molecule has 0 aliphatic rings. The summed E-state index contributed by atoms with van der Waals surface area (Å²) in [5.74, 6) is 0.730. The van der Waals surface area contributed by atoms with E-state index in [0.29, 0.717) is 11.3 Å². The first kappa shape index (κ1) is 13.4. The minimum absolute atomic E-state index is 0.0307. The molecule has 21 heavy (non-hydrogen) atoms. The molecule has 0 saturated carbocycles. The molecule has 104 valence electrons. The van der Waals surface area contributed by atoms with Crippen LogP contribution >= 0.6 is 0 Å². The van der Waals surface area contributed by atoms with Gasteiger partial charge in [0.25, 0.3) is 0 Å². The molecule has 3 aromatic rings. The SMILES string of the molecule is COc1cc(C(=O)c2ccccc2C)c2ccccc2c1. The highest BCUT2D eigenvalue weighted by Crippen LogP contribution is 2.27. The Hall–Kier alpha value is -2.61. The first-order chi connectivity index (χ1) is 10.2. The van der Waals surface area contributed by atoms with E-state index < -0.39 is 0 Å². The average molecular weight is 276 g/mol. The predicted octanol–water partition coefficient (Wildman–Crippen LogP) is 4.39. The molecule has 2 heteroatoms. The molecular weight excluding hydrogens is 260 g/mol. The second-order valence-corrected chi connectivity index (χ2v) is 5.04. The largest absolute Gasteiger partial charge is 0.497 e. The summed E-state index contributed by atoms with van der Waals surface area (Å²) in [6.07, 6.45) is 0. The Morgan fingerprint density at radius 1 is 0.905 bits per heavy atom. The van der Waals surface area contributed by atoms with Crippen LogP contribution in [-0.4, -0.2) is 12.9 Å². The number of methoxy groups -OCH3 is 1. The third-order valence-corrected chi connectivity index (χ3v) is 3.71. The van der Waals surface area contributed by atoms with Crippen molar-refractivity contribution in [1.29, 1.82) is 0 Å². The van der Waals surface area contributed by atoms with E-state index in [1.165, 1.54) is 0 Å². The number of hydrogen-bond acceptors (Lipinski definition) is 2. The number of rotatable bonds is 3. The van der Waals surface area contributed by atoms with E-state index in [9.17, 15) is 4.79 Å².